The first-order chi connectivity index (χ1) is 14.1. The van der Waals surface area contributed by atoms with Crippen molar-refractivity contribution in [2.24, 2.45) is 5.92 Å². The van der Waals surface area contributed by atoms with Crippen molar-refractivity contribution in [3.05, 3.63) is 35.5 Å². The van der Waals surface area contributed by atoms with Gasteiger partial charge < -0.3 is 14.6 Å². The van der Waals surface area contributed by atoms with Crippen molar-refractivity contribution in [3.8, 4) is 5.75 Å². The standard InChI is InChI=1S/C21H24N4O4/c1-12(21-23-20(24-29-21)14-2-3-14)25-8-6-13(7-9-25)19(27)15-4-5-17-16(10-15)22-18(26)11-28-17/h4-5,10,12-14H,2-3,6-9,11H2,1H3,(H,22,26)/t12-/m0/s1. The average molecular weight is 396 g/mol. The van der Waals surface area contributed by atoms with E-state index >= 15 is 0 Å². The van der Waals surface area contributed by atoms with Crippen molar-refractivity contribution in [1.82, 2.24) is 15.0 Å². The molecule has 2 aliphatic heterocycles. The van der Waals surface area contributed by atoms with Gasteiger partial charge in [0.1, 0.15) is 5.75 Å². The molecule has 2 fully saturated rings. The molecule has 0 radical (unpaired) electrons. The summed E-state index contributed by atoms with van der Waals surface area (Å²) in [7, 11) is 0. The fourth-order valence-electron chi connectivity index (χ4n) is 4.10. The minimum Gasteiger partial charge on any atom is -0.482 e. The normalized spacial score (nSPS) is 21.2. The fourth-order valence-corrected chi connectivity index (χ4v) is 4.10. The van der Waals surface area contributed by atoms with Crippen molar-refractivity contribution >= 4 is 17.4 Å². The van der Waals surface area contributed by atoms with Gasteiger partial charge in [0.2, 0.25) is 5.89 Å². The number of carbonyl (C=O) groups excluding carboxylic acids is 2. The summed E-state index contributed by atoms with van der Waals surface area (Å²) >= 11 is 0. The van der Waals surface area contributed by atoms with E-state index in [0.29, 0.717) is 28.8 Å². The Morgan fingerprint density at radius 1 is 1.24 bits per heavy atom. The van der Waals surface area contributed by atoms with Crippen LogP contribution in [-0.4, -0.2) is 46.4 Å². The molecule has 1 aliphatic carbocycles. The largest absolute Gasteiger partial charge is 0.482 e. The molecule has 2 aromatic rings. The van der Waals surface area contributed by atoms with Gasteiger partial charge in [-0.2, -0.15) is 4.98 Å². The summed E-state index contributed by atoms with van der Waals surface area (Å²) in [6.07, 6.45) is 3.87. The minimum absolute atomic E-state index is 0.0130. The highest BCUT2D eigenvalue weighted by Gasteiger charge is 2.33. The molecule has 152 valence electrons. The first-order valence-corrected chi connectivity index (χ1v) is 10.3. The number of amides is 1. The number of nitrogens with zero attached hydrogens (tertiary/aromatic N) is 3. The van der Waals surface area contributed by atoms with Gasteiger partial charge in [-0.25, -0.2) is 0 Å². The molecule has 0 spiro atoms. The third-order valence-corrected chi connectivity index (χ3v) is 6.10. The third-order valence-electron chi connectivity index (χ3n) is 6.10. The van der Waals surface area contributed by atoms with Crippen LogP contribution in [0.5, 0.6) is 5.75 Å². The highest BCUT2D eigenvalue weighted by molar-refractivity contribution is 6.01. The van der Waals surface area contributed by atoms with E-state index in [9.17, 15) is 9.59 Å². The number of aromatic nitrogens is 2. The summed E-state index contributed by atoms with van der Waals surface area (Å²) in [5, 5.41) is 6.88. The summed E-state index contributed by atoms with van der Waals surface area (Å²) in [6.45, 7) is 3.71. The lowest BCUT2D eigenvalue weighted by Crippen LogP contribution is -2.38. The van der Waals surface area contributed by atoms with E-state index < -0.39 is 0 Å². The monoisotopic (exact) mass is 396 g/mol. The first-order valence-electron chi connectivity index (χ1n) is 10.3. The van der Waals surface area contributed by atoms with Gasteiger partial charge in [-0.1, -0.05) is 5.16 Å². The van der Waals surface area contributed by atoms with Crippen LogP contribution in [-0.2, 0) is 4.79 Å². The van der Waals surface area contributed by atoms with Gasteiger partial charge in [0.15, 0.2) is 18.2 Å². The Bertz CT molecular complexity index is 944. The van der Waals surface area contributed by atoms with Crippen LogP contribution < -0.4 is 10.1 Å². The number of likely N-dealkylation sites (tertiary alicyclic amines) is 1. The van der Waals surface area contributed by atoms with E-state index in [4.69, 9.17) is 9.26 Å². The molecule has 1 aromatic carbocycles. The topological polar surface area (TPSA) is 97.6 Å². The number of anilines is 1. The zero-order chi connectivity index (χ0) is 20.0. The quantitative estimate of drug-likeness (QED) is 0.776. The molecule has 3 aliphatic rings. The SMILES string of the molecule is C[C@@H](c1nc(C2CC2)no1)N1CCC(C(=O)c2ccc3c(c2)NC(=O)CO3)CC1. The fraction of sp³-hybridized carbons (Fsp3) is 0.524. The molecule has 8 heteroatoms. The summed E-state index contributed by atoms with van der Waals surface area (Å²) < 4.78 is 10.8. The Morgan fingerprint density at radius 3 is 2.79 bits per heavy atom. The maximum Gasteiger partial charge on any atom is 0.262 e. The number of Topliss-reactive ketones (excluding diaryl/α,β-unsaturated/α-hetero) is 1. The number of rotatable bonds is 5. The molecule has 3 heterocycles. The average Bonchev–Trinajstić information content (AvgIpc) is 3.49. The van der Waals surface area contributed by atoms with Gasteiger partial charge in [-0.05, 0) is 63.9 Å². The lowest BCUT2D eigenvalue weighted by molar-refractivity contribution is -0.118. The van der Waals surface area contributed by atoms with Crippen LogP contribution in [0.3, 0.4) is 0 Å². The van der Waals surface area contributed by atoms with E-state index in [0.717, 1.165) is 44.6 Å². The number of benzene rings is 1. The number of hydrogen-bond donors (Lipinski definition) is 1. The number of hydrogen-bond acceptors (Lipinski definition) is 7. The van der Waals surface area contributed by atoms with E-state index in [1.165, 1.54) is 0 Å². The summed E-state index contributed by atoms with van der Waals surface area (Å²) in [5.74, 6) is 2.48. The second-order valence-electron chi connectivity index (χ2n) is 8.16. The lowest BCUT2D eigenvalue weighted by atomic mass is 9.88. The van der Waals surface area contributed by atoms with E-state index in [1.54, 1.807) is 18.2 Å². The minimum atomic E-state index is -0.199. The van der Waals surface area contributed by atoms with Crippen LogP contribution in [0.1, 0.15) is 66.6 Å². The second kappa shape index (κ2) is 7.26. The molecule has 1 N–H and O–H groups in total. The Morgan fingerprint density at radius 2 is 2.03 bits per heavy atom. The van der Waals surface area contributed by atoms with Gasteiger partial charge in [-0.3, -0.25) is 14.5 Å². The van der Waals surface area contributed by atoms with E-state index in [-0.39, 0.29) is 30.3 Å². The highest BCUT2D eigenvalue weighted by Crippen LogP contribution is 2.39. The van der Waals surface area contributed by atoms with Gasteiger partial charge in [0.25, 0.3) is 5.91 Å². The van der Waals surface area contributed by atoms with Crippen LogP contribution >= 0.6 is 0 Å². The molecule has 1 saturated heterocycles. The van der Waals surface area contributed by atoms with Crippen molar-refractivity contribution in [1.29, 1.82) is 0 Å². The zero-order valence-corrected chi connectivity index (χ0v) is 16.4. The predicted molar refractivity (Wildman–Crippen MR) is 104 cm³/mol. The molecule has 1 amide bonds. The lowest BCUT2D eigenvalue weighted by Gasteiger charge is -2.34. The predicted octanol–water partition coefficient (Wildman–Crippen LogP) is 2.93. The van der Waals surface area contributed by atoms with Gasteiger partial charge >= 0.3 is 0 Å². The van der Waals surface area contributed by atoms with E-state index in [1.807, 2.05) is 0 Å². The molecule has 29 heavy (non-hydrogen) atoms. The zero-order valence-electron chi connectivity index (χ0n) is 16.4. The highest BCUT2D eigenvalue weighted by atomic mass is 16.5. The first kappa shape index (κ1) is 18.3. The van der Waals surface area contributed by atoms with Crippen molar-refractivity contribution < 1.29 is 18.8 Å². The number of nitrogens with one attached hydrogen (secondary N) is 1. The Balaban J connectivity index is 1.21. The van der Waals surface area contributed by atoms with Crippen molar-refractivity contribution in [2.75, 3.05) is 25.0 Å². The van der Waals surface area contributed by atoms with Crippen LogP contribution in [0.4, 0.5) is 5.69 Å². The van der Waals surface area contributed by atoms with Crippen LogP contribution in [0.25, 0.3) is 0 Å². The smallest absolute Gasteiger partial charge is 0.262 e. The molecule has 1 saturated carbocycles. The molecule has 0 unspecified atom stereocenters. The number of ether oxygens (including phenoxy) is 1. The number of piperidine rings is 1. The number of fused-ring (bicyclic) bond motifs is 1. The Labute approximate surface area is 168 Å². The number of carbonyl (C=O) groups is 2. The Kier molecular flexibility index (Phi) is 4.58. The van der Waals surface area contributed by atoms with Crippen molar-refractivity contribution in [2.45, 2.75) is 44.6 Å². The second-order valence-corrected chi connectivity index (χ2v) is 8.16. The third kappa shape index (κ3) is 3.64. The number of ketones is 1. The molecule has 0 bridgehead atoms. The maximum absolute atomic E-state index is 13.0. The summed E-state index contributed by atoms with van der Waals surface area (Å²) in [4.78, 5) is 31.4. The Hall–Kier alpha value is -2.74. The summed E-state index contributed by atoms with van der Waals surface area (Å²) in [5.41, 5.74) is 1.19. The summed E-state index contributed by atoms with van der Waals surface area (Å²) in [6, 6.07) is 5.32. The molecular formula is C21H24N4O4. The van der Waals surface area contributed by atoms with Crippen LogP contribution in [0.2, 0.25) is 0 Å². The van der Waals surface area contributed by atoms with Gasteiger partial charge in [0.05, 0.1) is 11.7 Å². The maximum atomic E-state index is 13.0. The van der Waals surface area contributed by atoms with Crippen LogP contribution in [0, 0.1) is 5.92 Å². The molecular weight excluding hydrogens is 372 g/mol. The molecule has 5 rings (SSSR count). The van der Waals surface area contributed by atoms with Gasteiger partial charge in [0, 0.05) is 17.4 Å². The molecule has 8 nitrogen and oxygen atoms in total. The van der Waals surface area contributed by atoms with Crippen LogP contribution in [0.15, 0.2) is 22.7 Å². The van der Waals surface area contributed by atoms with Crippen molar-refractivity contribution in [3.63, 3.8) is 0 Å². The van der Waals surface area contributed by atoms with Gasteiger partial charge in [-0.15, -0.1) is 0 Å². The molecule has 1 aromatic heterocycles. The molecule has 1 atom stereocenters. The van der Waals surface area contributed by atoms with E-state index in [2.05, 4.69) is 27.3 Å².